The number of aromatic amines is 1. The van der Waals surface area contributed by atoms with E-state index in [9.17, 15) is 18.0 Å². The molecule has 1 aromatic heterocycles. The third-order valence-electron chi connectivity index (χ3n) is 3.58. The molecular weight excluding hydrogens is 386 g/mol. The number of nitrogens with one attached hydrogen (secondary N) is 2. The van der Waals surface area contributed by atoms with Crippen LogP contribution < -0.4 is 10.9 Å². The van der Waals surface area contributed by atoms with Crippen molar-refractivity contribution in [2.45, 2.75) is 11.8 Å². The van der Waals surface area contributed by atoms with Crippen LogP contribution in [-0.2, 0) is 14.9 Å². The fourth-order valence-electron chi connectivity index (χ4n) is 2.34. The van der Waals surface area contributed by atoms with Crippen LogP contribution in [0.15, 0.2) is 74.5 Å². The van der Waals surface area contributed by atoms with Gasteiger partial charge >= 0.3 is 5.56 Å². The fourth-order valence-corrected chi connectivity index (χ4v) is 2.82. The normalized spacial score (nSPS) is 11.6. The number of rotatable bonds is 5. The number of aromatic nitrogens is 2. The van der Waals surface area contributed by atoms with E-state index in [4.69, 9.17) is 4.55 Å². The van der Waals surface area contributed by atoms with Crippen LogP contribution in [0, 0.1) is 0 Å². The monoisotopic (exact) mass is 401 g/mol. The van der Waals surface area contributed by atoms with E-state index in [1.165, 1.54) is 23.7 Å². The van der Waals surface area contributed by atoms with Gasteiger partial charge in [0.15, 0.2) is 11.5 Å². The standard InChI is InChI=1S/C17H15N5O5S/c1-11(23)18-16-15(17(24)22(21-16)13-5-3-2-4-6-13)20-19-12-7-9-14(10-8-12)28(25,26)27/h2-10,21H,1H3,(H,18,23)(H,25,26,27). The lowest BCUT2D eigenvalue weighted by Gasteiger charge is -2.01. The highest BCUT2D eigenvalue weighted by molar-refractivity contribution is 7.85. The molecule has 0 unspecified atom stereocenters. The van der Waals surface area contributed by atoms with Gasteiger partial charge in [-0.15, -0.1) is 5.11 Å². The maximum Gasteiger partial charge on any atom is 0.301 e. The van der Waals surface area contributed by atoms with Gasteiger partial charge in [0, 0.05) is 6.92 Å². The Bertz CT molecular complexity index is 1190. The topological polar surface area (TPSA) is 146 Å². The molecule has 0 spiro atoms. The summed E-state index contributed by atoms with van der Waals surface area (Å²) >= 11 is 0. The molecule has 0 saturated heterocycles. The predicted octanol–water partition coefficient (Wildman–Crippen LogP) is 2.79. The Hall–Kier alpha value is -3.57. The molecule has 0 aliphatic carbocycles. The molecule has 2 aromatic carbocycles. The van der Waals surface area contributed by atoms with Crippen molar-refractivity contribution in [2.24, 2.45) is 10.2 Å². The van der Waals surface area contributed by atoms with Crippen molar-refractivity contribution in [1.82, 2.24) is 9.78 Å². The molecule has 3 aromatic rings. The molecule has 1 amide bonds. The summed E-state index contributed by atoms with van der Waals surface area (Å²) in [7, 11) is -4.32. The van der Waals surface area contributed by atoms with Gasteiger partial charge in [0.2, 0.25) is 5.91 Å². The molecule has 28 heavy (non-hydrogen) atoms. The molecule has 0 saturated carbocycles. The Morgan fingerprint density at radius 3 is 2.29 bits per heavy atom. The Morgan fingerprint density at radius 1 is 1.07 bits per heavy atom. The number of amides is 1. The summed E-state index contributed by atoms with van der Waals surface area (Å²) < 4.78 is 32.3. The molecule has 3 rings (SSSR count). The van der Waals surface area contributed by atoms with Gasteiger partial charge in [-0.05, 0) is 36.4 Å². The van der Waals surface area contributed by atoms with E-state index in [0.29, 0.717) is 5.69 Å². The van der Waals surface area contributed by atoms with Crippen molar-refractivity contribution in [3.8, 4) is 5.69 Å². The Balaban J connectivity index is 2.00. The molecule has 11 heteroatoms. The van der Waals surface area contributed by atoms with Gasteiger partial charge < -0.3 is 5.32 Å². The third kappa shape index (κ3) is 4.22. The first kappa shape index (κ1) is 19.2. The lowest BCUT2D eigenvalue weighted by molar-refractivity contribution is -0.114. The van der Waals surface area contributed by atoms with E-state index in [2.05, 4.69) is 20.6 Å². The lowest BCUT2D eigenvalue weighted by atomic mass is 10.3. The highest BCUT2D eigenvalue weighted by atomic mass is 32.2. The van der Waals surface area contributed by atoms with E-state index in [-0.39, 0.29) is 22.1 Å². The fraction of sp³-hybridized carbons (Fsp3) is 0.0588. The first-order valence-corrected chi connectivity index (χ1v) is 9.37. The molecule has 0 aliphatic rings. The minimum Gasteiger partial charge on any atom is -0.309 e. The van der Waals surface area contributed by atoms with Crippen LogP contribution in [0.5, 0.6) is 0 Å². The molecule has 0 atom stereocenters. The summed E-state index contributed by atoms with van der Waals surface area (Å²) in [6.07, 6.45) is 0. The van der Waals surface area contributed by atoms with Crippen molar-refractivity contribution in [3.05, 3.63) is 65.0 Å². The molecular formula is C17H15N5O5S. The van der Waals surface area contributed by atoms with E-state index >= 15 is 0 Å². The number of nitrogens with zero attached hydrogens (tertiary/aromatic N) is 3. The van der Waals surface area contributed by atoms with Crippen molar-refractivity contribution >= 4 is 33.2 Å². The largest absolute Gasteiger partial charge is 0.309 e. The average molecular weight is 401 g/mol. The van der Waals surface area contributed by atoms with Crippen molar-refractivity contribution in [1.29, 1.82) is 0 Å². The third-order valence-corrected chi connectivity index (χ3v) is 4.45. The van der Waals surface area contributed by atoms with E-state index < -0.39 is 21.6 Å². The Labute approximate surface area is 159 Å². The van der Waals surface area contributed by atoms with Gasteiger partial charge in [0.05, 0.1) is 16.3 Å². The zero-order valence-corrected chi connectivity index (χ0v) is 15.3. The number of hydrogen-bond acceptors (Lipinski definition) is 6. The summed E-state index contributed by atoms with van der Waals surface area (Å²) in [5, 5.41) is 13.1. The summed E-state index contributed by atoms with van der Waals surface area (Å²) in [6.45, 7) is 1.28. The van der Waals surface area contributed by atoms with E-state index in [0.717, 1.165) is 12.1 Å². The second-order valence-electron chi connectivity index (χ2n) is 5.66. The summed E-state index contributed by atoms with van der Waals surface area (Å²) in [4.78, 5) is 23.8. The van der Waals surface area contributed by atoms with Gasteiger partial charge in [-0.2, -0.15) is 13.5 Å². The first-order valence-electron chi connectivity index (χ1n) is 7.93. The summed E-state index contributed by atoms with van der Waals surface area (Å²) in [6, 6.07) is 13.6. The summed E-state index contributed by atoms with van der Waals surface area (Å²) in [5.74, 6) is -0.338. The van der Waals surface area contributed by atoms with Gasteiger partial charge in [-0.1, -0.05) is 18.2 Å². The molecule has 0 radical (unpaired) electrons. The quantitative estimate of drug-likeness (QED) is 0.444. The Morgan fingerprint density at radius 2 is 1.71 bits per heavy atom. The number of carbonyl (C=O) groups excluding carboxylic acids is 1. The molecule has 144 valence electrons. The molecule has 10 nitrogen and oxygen atoms in total. The second kappa shape index (κ2) is 7.58. The summed E-state index contributed by atoms with van der Waals surface area (Å²) in [5.41, 5.74) is 0.122. The average Bonchev–Trinajstić information content (AvgIpc) is 2.95. The van der Waals surface area contributed by atoms with Crippen LogP contribution in [0.2, 0.25) is 0 Å². The number of azo groups is 1. The molecule has 0 fully saturated rings. The van der Waals surface area contributed by atoms with Gasteiger partial charge in [0.1, 0.15) is 0 Å². The van der Waals surface area contributed by atoms with Gasteiger partial charge in [0.25, 0.3) is 10.1 Å². The number of benzene rings is 2. The van der Waals surface area contributed by atoms with Crippen LogP contribution in [-0.4, -0.2) is 28.7 Å². The predicted molar refractivity (Wildman–Crippen MR) is 101 cm³/mol. The van der Waals surface area contributed by atoms with Crippen molar-refractivity contribution < 1.29 is 17.8 Å². The Kier molecular flexibility index (Phi) is 5.20. The van der Waals surface area contributed by atoms with Gasteiger partial charge in [-0.25, -0.2) is 4.68 Å². The van der Waals surface area contributed by atoms with E-state index in [1.54, 1.807) is 30.3 Å². The first-order chi connectivity index (χ1) is 13.3. The van der Waals surface area contributed by atoms with Crippen LogP contribution >= 0.6 is 0 Å². The molecule has 1 heterocycles. The maximum atomic E-state index is 12.7. The zero-order valence-electron chi connectivity index (χ0n) is 14.5. The number of para-hydroxylation sites is 1. The molecule has 0 aliphatic heterocycles. The molecule has 3 N–H and O–H groups in total. The maximum absolute atomic E-state index is 12.7. The van der Waals surface area contributed by atoms with E-state index in [1.807, 2.05) is 0 Å². The van der Waals surface area contributed by atoms with Crippen LogP contribution in [0.1, 0.15) is 6.92 Å². The van der Waals surface area contributed by atoms with Crippen LogP contribution in [0.3, 0.4) is 0 Å². The van der Waals surface area contributed by atoms with Crippen LogP contribution in [0.4, 0.5) is 17.2 Å². The number of carbonyl (C=O) groups is 1. The van der Waals surface area contributed by atoms with Crippen molar-refractivity contribution in [2.75, 3.05) is 5.32 Å². The zero-order chi connectivity index (χ0) is 20.3. The van der Waals surface area contributed by atoms with Gasteiger partial charge in [-0.3, -0.25) is 19.2 Å². The number of anilines is 1. The minimum atomic E-state index is -4.32. The minimum absolute atomic E-state index is 0.0691. The smallest absolute Gasteiger partial charge is 0.301 e. The highest BCUT2D eigenvalue weighted by Gasteiger charge is 2.16. The SMILES string of the molecule is CC(=O)Nc1[nH]n(-c2ccccc2)c(=O)c1N=Nc1ccc(S(=O)(=O)O)cc1. The second-order valence-corrected chi connectivity index (χ2v) is 7.08. The lowest BCUT2D eigenvalue weighted by Crippen LogP contribution is -2.13. The van der Waals surface area contributed by atoms with Crippen molar-refractivity contribution in [3.63, 3.8) is 0 Å². The molecule has 0 bridgehead atoms. The highest BCUT2D eigenvalue weighted by Crippen LogP contribution is 2.24. The number of H-pyrrole nitrogens is 1. The van der Waals surface area contributed by atoms with Crippen LogP contribution in [0.25, 0.3) is 5.69 Å². The number of hydrogen-bond donors (Lipinski definition) is 3.